The molecule has 1 heterocycles. The molecule has 0 radical (unpaired) electrons. The van der Waals surface area contributed by atoms with Gasteiger partial charge in [-0.2, -0.15) is 5.10 Å². The topological polar surface area (TPSA) is 64.4 Å². The van der Waals surface area contributed by atoms with Crippen LogP contribution in [0.15, 0.2) is 30.5 Å². The predicted molar refractivity (Wildman–Crippen MR) is 70.1 cm³/mol. The van der Waals surface area contributed by atoms with Crippen LogP contribution in [0.3, 0.4) is 0 Å². The Labute approximate surface area is 115 Å². The Hall–Kier alpha value is -1.85. The summed E-state index contributed by atoms with van der Waals surface area (Å²) in [4.78, 5) is 11.0. The monoisotopic (exact) mass is 280 g/mol. The van der Waals surface area contributed by atoms with Crippen LogP contribution in [0.25, 0.3) is 0 Å². The van der Waals surface area contributed by atoms with Gasteiger partial charge in [0.25, 0.3) is 0 Å². The largest absolute Gasteiger partial charge is 0.478 e. The first-order valence-electron chi connectivity index (χ1n) is 5.64. The molecule has 0 aliphatic rings. The number of carboxylic acids is 1. The summed E-state index contributed by atoms with van der Waals surface area (Å²) < 4.78 is 7.01. The van der Waals surface area contributed by atoms with Crippen molar-refractivity contribution < 1.29 is 14.6 Å². The number of carboxylic acid groups (broad SMARTS) is 1. The lowest BCUT2D eigenvalue weighted by Crippen LogP contribution is -2.07. The SMILES string of the molecule is Cn1ncc(C(=O)O)c1COCc1ccc(Cl)cc1. The van der Waals surface area contributed by atoms with E-state index in [1.54, 1.807) is 19.2 Å². The Morgan fingerprint density at radius 3 is 2.68 bits per heavy atom. The Morgan fingerprint density at radius 2 is 2.05 bits per heavy atom. The van der Waals surface area contributed by atoms with Crippen LogP contribution in [0.1, 0.15) is 21.6 Å². The first kappa shape index (κ1) is 13.6. The molecule has 1 aromatic heterocycles. The highest BCUT2D eigenvalue weighted by atomic mass is 35.5. The van der Waals surface area contributed by atoms with Crippen molar-refractivity contribution in [3.63, 3.8) is 0 Å². The van der Waals surface area contributed by atoms with Gasteiger partial charge in [0.15, 0.2) is 0 Å². The summed E-state index contributed by atoms with van der Waals surface area (Å²) in [5.41, 5.74) is 1.68. The van der Waals surface area contributed by atoms with Crippen molar-refractivity contribution in [2.24, 2.45) is 7.05 Å². The minimum atomic E-state index is -1.00. The number of aryl methyl sites for hydroxylation is 1. The highest BCUT2D eigenvalue weighted by Gasteiger charge is 2.14. The number of carbonyl (C=O) groups is 1. The van der Waals surface area contributed by atoms with E-state index in [1.807, 2.05) is 12.1 Å². The first-order chi connectivity index (χ1) is 9.08. The van der Waals surface area contributed by atoms with Gasteiger partial charge in [0.1, 0.15) is 5.56 Å². The minimum absolute atomic E-state index is 0.165. The number of benzene rings is 1. The van der Waals surface area contributed by atoms with E-state index in [1.165, 1.54) is 10.9 Å². The molecule has 0 saturated carbocycles. The zero-order valence-corrected chi connectivity index (χ0v) is 11.1. The third-order valence-corrected chi connectivity index (χ3v) is 2.96. The number of aromatic nitrogens is 2. The lowest BCUT2D eigenvalue weighted by atomic mass is 10.2. The molecule has 0 unspecified atom stereocenters. The van der Waals surface area contributed by atoms with Gasteiger partial charge in [0, 0.05) is 12.1 Å². The molecule has 0 amide bonds. The molecular formula is C13H13ClN2O3. The first-order valence-corrected chi connectivity index (χ1v) is 6.02. The second-order valence-corrected chi connectivity index (χ2v) is 4.49. The average Bonchev–Trinajstić information content (AvgIpc) is 2.74. The van der Waals surface area contributed by atoms with Crippen molar-refractivity contribution in [3.8, 4) is 0 Å². The van der Waals surface area contributed by atoms with Crippen molar-refractivity contribution in [3.05, 3.63) is 52.3 Å². The van der Waals surface area contributed by atoms with E-state index < -0.39 is 5.97 Å². The lowest BCUT2D eigenvalue weighted by Gasteiger charge is -2.06. The standard InChI is InChI=1S/C13H13ClN2O3/c1-16-12(11(6-15-16)13(17)18)8-19-7-9-2-4-10(14)5-3-9/h2-6H,7-8H2,1H3,(H,17,18). The highest BCUT2D eigenvalue weighted by Crippen LogP contribution is 2.13. The molecule has 1 aromatic carbocycles. The maximum Gasteiger partial charge on any atom is 0.339 e. The number of hydrogen-bond donors (Lipinski definition) is 1. The minimum Gasteiger partial charge on any atom is -0.478 e. The number of hydrogen-bond acceptors (Lipinski definition) is 3. The van der Waals surface area contributed by atoms with Gasteiger partial charge in [-0.25, -0.2) is 4.79 Å². The number of ether oxygens (including phenoxy) is 1. The predicted octanol–water partition coefficient (Wildman–Crippen LogP) is 2.49. The summed E-state index contributed by atoms with van der Waals surface area (Å²) in [6.07, 6.45) is 1.32. The van der Waals surface area contributed by atoms with Gasteiger partial charge in [-0.05, 0) is 17.7 Å². The van der Waals surface area contributed by atoms with E-state index >= 15 is 0 Å². The fourth-order valence-electron chi connectivity index (χ4n) is 1.66. The molecule has 0 spiro atoms. The summed E-state index contributed by atoms with van der Waals surface area (Å²) in [7, 11) is 1.69. The van der Waals surface area contributed by atoms with Crippen LogP contribution in [0.4, 0.5) is 0 Å². The normalized spacial score (nSPS) is 10.6. The zero-order chi connectivity index (χ0) is 13.8. The van der Waals surface area contributed by atoms with E-state index in [0.717, 1.165) is 5.56 Å². The lowest BCUT2D eigenvalue weighted by molar-refractivity contribution is 0.0681. The molecule has 0 aliphatic heterocycles. The Kier molecular flexibility index (Phi) is 4.19. The Bertz CT molecular complexity index is 578. The number of halogens is 1. The van der Waals surface area contributed by atoms with Gasteiger partial charge in [0.05, 0.1) is 25.1 Å². The van der Waals surface area contributed by atoms with Crippen molar-refractivity contribution >= 4 is 17.6 Å². The second kappa shape index (κ2) is 5.86. The van der Waals surface area contributed by atoms with E-state index in [2.05, 4.69) is 5.10 Å². The Balaban J connectivity index is 1.97. The molecule has 0 atom stereocenters. The van der Waals surface area contributed by atoms with E-state index in [9.17, 15) is 4.79 Å². The summed E-state index contributed by atoms with van der Waals surface area (Å²) >= 11 is 5.79. The highest BCUT2D eigenvalue weighted by molar-refractivity contribution is 6.30. The quantitative estimate of drug-likeness (QED) is 0.914. The number of nitrogens with zero attached hydrogens (tertiary/aromatic N) is 2. The van der Waals surface area contributed by atoms with Crippen molar-refractivity contribution in [1.82, 2.24) is 9.78 Å². The smallest absolute Gasteiger partial charge is 0.339 e. The van der Waals surface area contributed by atoms with Crippen LogP contribution < -0.4 is 0 Å². The maximum absolute atomic E-state index is 11.0. The van der Waals surface area contributed by atoms with E-state index in [4.69, 9.17) is 21.4 Å². The molecule has 2 aromatic rings. The fourth-order valence-corrected chi connectivity index (χ4v) is 1.78. The number of aromatic carboxylic acids is 1. The molecule has 0 fully saturated rings. The van der Waals surface area contributed by atoms with Gasteiger partial charge in [-0.3, -0.25) is 4.68 Å². The van der Waals surface area contributed by atoms with E-state index in [-0.39, 0.29) is 12.2 Å². The molecular weight excluding hydrogens is 268 g/mol. The average molecular weight is 281 g/mol. The maximum atomic E-state index is 11.0. The molecule has 0 bridgehead atoms. The van der Waals surface area contributed by atoms with Crippen LogP contribution in [0, 0.1) is 0 Å². The zero-order valence-electron chi connectivity index (χ0n) is 10.3. The van der Waals surface area contributed by atoms with Crippen LogP contribution in [0.5, 0.6) is 0 Å². The van der Waals surface area contributed by atoms with E-state index in [0.29, 0.717) is 17.3 Å². The molecule has 0 aliphatic carbocycles. The van der Waals surface area contributed by atoms with Crippen LogP contribution in [-0.4, -0.2) is 20.9 Å². The van der Waals surface area contributed by atoms with Gasteiger partial charge >= 0.3 is 5.97 Å². The van der Waals surface area contributed by atoms with Gasteiger partial charge in [-0.1, -0.05) is 23.7 Å². The molecule has 0 saturated heterocycles. The molecule has 19 heavy (non-hydrogen) atoms. The molecule has 100 valence electrons. The molecule has 6 heteroatoms. The third-order valence-electron chi connectivity index (χ3n) is 2.71. The summed E-state index contributed by atoms with van der Waals surface area (Å²) in [5, 5.41) is 13.6. The van der Waals surface area contributed by atoms with Gasteiger partial charge in [-0.15, -0.1) is 0 Å². The summed E-state index contributed by atoms with van der Waals surface area (Å²) in [6, 6.07) is 7.30. The van der Waals surface area contributed by atoms with Crippen molar-refractivity contribution in [2.75, 3.05) is 0 Å². The molecule has 1 N–H and O–H groups in total. The Morgan fingerprint density at radius 1 is 1.37 bits per heavy atom. The fraction of sp³-hybridized carbons (Fsp3) is 0.231. The molecule has 5 nitrogen and oxygen atoms in total. The van der Waals surface area contributed by atoms with Crippen LogP contribution in [0.2, 0.25) is 5.02 Å². The van der Waals surface area contributed by atoms with Gasteiger partial charge in [0.2, 0.25) is 0 Å². The summed E-state index contributed by atoms with van der Waals surface area (Å²) in [6.45, 7) is 0.585. The van der Waals surface area contributed by atoms with Gasteiger partial charge < -0.3 is 9.84 Å². The molecule has 2 rings (SSSR count). The third kappa shape index (κ3) is 3.33. The second-order valence-electron chi connectivity index (χ2n) is 4.05. The van der Waals surface area contributed by atoms with Crippen molar-refractivity contribution in [2.45, 2.75) is 13.2 Å². The number of rotatable bonds is 5. The van der Waals surface area contributed by atoms with Crippen molar-refractivity contribution in [1.29, 1.82) is 0 Å². The van der Waals surface area contributed by atoms with Crippen LogP contribution >= 0.6 is 11.6 Å². The van der Waals surface area contributed by atoms with Crippen LogP contribution in [-0.2, 0) is 25.0 Å². The summed E-state index contributed by atoms with van der Waals surface area (Å²) in [5.74, 6) is -1.00.